The number of aromatic nitrogens is 2. The van der Waals surface area contributed by atoms with E-state index in [0.29, 0.717) is 34.3 Å². The van der Waals surface area contributed by atoms with Gasteiger partial charge in [-0.25, -0.2) is 4.79 Å². The van der Waals surface area contributed by atoms with Crippen molar-refractivity contribution < 1.29 is 18.7 Å². The molecule has 8 nitrogen and oxygen atoms in total. The molecule has 0 saturated carbocycles. The number of carbonyl (C=O) groups is 2. The number of carbonyl (C=O) groups excluding carboxylic acids is 2. The first-order chi connectivity index (χ1) is 16.7. The zero-order valence-corrected chi connectivity index (χ0v) is 20.0. The monoisotopic (exact) mass is 470 g/mol. The number of benzene rings is 3. The lowest BCUT2D eigenvalue weighted by atomic mass is 10.1. The fourth-order valence-electron chi connectivity index (χ4n) is 3.18. The van der Waals surface area contributed by atoms with Gasteiger partial charge in [-0.2, -0.15) is 0 Å². The van der Waals surface area contributed by atoms with Crippen LogP contribution in [0.1, 0.15) is 36.7 Å². The molecule has 35 heavy (non-hydrogen) atoms. The van der Waals surface area contributed by atoms with Crippen molar-refractivity contribution in [2.75, 3.05) is 10.6 Å². The maximum Gasteiger partial charge on any atom is 0.412 e. The van der Waals surface area contributed by atoms with Gasteiger partial charge in [-0.05, 0) is 88.4 Å². The van der Waals surface area contributed by atoms with E-state index in [2.05, 4.69) is 20.8 Å². The predicted molar refractivity (Wildman–Crippen MR) is 134 cm³/mol. The highest BCUT2D eigenvalue weighted by molar-refractivity contribution is 6.04. The highest BCUT2D eigenvalue weighted by Crippen LogP contribution is 2.25. The number of aryl methyl sites for hydroxylation is 1. The third-order valence-electron chi connectivity index (χ3n) is 4.91. The van der Waals surface area contributed by atoms with Crippen LogP contribution < -0.4 is 10.6 Å². The van der Waals surface area contributed by atoms with Gasteiger partial charge in [0, 0.05) is 28.1 Å². The molecule has 8 heteroatoms. The molecule has 2 amide bonds. The van der Waals surface area contributed by atoms with E-state index in [1.54, 1.807) is 69.3 Å². The lowest BCUT2D eigenvalue weighted by Gasteiger charge is -2.19. The summed E-state index contributed by atoms with van der Waals surface area (Å²) in [5, 5.41) is 13.7. The summed E-state index contributed by atoms with van der Waals surface area (Å²) in [7, 11) is 0. The Morgan fingerprint density at radius 1 is 0.743 bits per heavy atom. The first kappa shape index (κ1) is 23.7. The van der Waals surface area contributed by atoms with Gasteiger partial charge in [0.15, 0.2) is 0 Å². The Morgan fingerprint density at radius 3 is 1.74 bits per heavy atom. The SMILES string of the molecule is Cc1ccc(-c2nnc(-c3ccc(C(=O)Nc4ccc(NC(=O)OC(C)(C)C)cc4)cc3)o2)cc1. The van der Waals surface area contributed by atoms with Crippen molar-refractivity contribution in [2.45, 2.75) is 33.3 Å². The molecule has 0 aliphatic heterocycles. The first-order valence-corrected chi connectivity index (χ1v) is 11.1. The molecule has 4 rings (SSSR count). The van der Waals surface area contributed by atoms with Crippen LogP contribution in [0.4, 0.5) is 16.2 Å². The molecule has 0 aliphatic carbocycles. The number of nitrogens with one attached hydrogen (secondary N) is 2. The van der Waals surface area contributed by atoms with Crippen LogP contribution in [0, 0.1) is 6.92 Å². The van der Waals surface area contributed by atoms with E-state index in [1.165, 1.54) is 0 Å². The van der Waals surface area contributed by atoms with Crippen molar-refractivity contribution >= 4 is 23.4 Å². The molecule has 2 N–H and O–H groups in total. The van der Waals surface area contributed by atoms with Crippen molar-refractivity contribution in [3.8, 4) is 22.9 Å². The number of ether oxygens (including phenoxy) is 1. The summed E-state index contributed by atoms with van der Waals surface area (Å²) < 4.78 is 11.0. The minimum Gasteiger partial charge on any atom is -0.444 e. The third kappa shape index (κ3) is 6.32. The standard InChI is InChI=1S/C27H26N4O4/c1-17-5-7-19(8-6-17)24-30-31-25(34-24)20-11-9-18(10-12-20)23(32)28-21-13-15-22(16-14-21)29-26(33)35-27(2,3)4/h5-16H,1-4H3,(H,28,32)(H,29,33). The Bertz CT molecular complexity index is 1320. The molecule has 0 spiro atoms. The number of anilines is 2. The Kier molecular flexibility index (Phi) is 6.64. The van der Waals surface area contributed by atoms with Crippen molar-refractivity contribution in [3.05, 3.63) is 83.9 Å². The second kappa shape index (κ2) is 9.80. The fraction of sp³-hybridized carbons (Fsp3) is 0.185. The maximum atomic E-state index is 12.6. The summed E-state index contributed by atoms with van der Waals surface area (Å²) in [6, 6.07) is 21.5. The molecule has 0 unspecified atom stereocenters. The highest BCUT2D eigenvalue weighted by Gasteiger charge is 2.16. The number of rotatable bonds is 5. The summed E-state index contributed by atoms with van der Waals surface area (Å²) in [5.41, 5.74) is 3.75. The van der Waals surface area contributed by atoms with Gasteiger partial charge >= 0.3 is 6.09 Å². The van der Waals surface area contributed by atoms with E-state index in [0.717, 1.165) is 11.1 Å². The third-order valence-corrected chi connectivity index (χ3v) is 4.91. The normalized spacial score (nSPS) is 11.1. The van der Waals surface area contributed by atoms with Crippen LogP contribution in [0.2, 0.25) is 0 Å². The molecule has 0 aliphatic rings. The van der Waals surface area contributed by atoms with Crippen LogP contribution in [0.15, 0.2) is 77.2 Å². The average molecular weight is 471 g/mol. The van der Waals surface area contributed by atoms with Gasteiger partial charge in [-0.15, -0.1) is 10.2 Å². The second-order valence-electron chi connectivity index (χ2n) is 9.01. The minimum absolute atomic E-state index is 0.268. The minimum atomic E-state index is -0.583. The molecule has 0 radical (unpaired) electrons. The quantitative estimate of drug-likeness (QED) is 0.354. The summed E-state index contributed by atoms with van der Waals surface area (Å²) in [4.78, 5) is 24.5. The van der Waals surface area contributed by atoms with Gasteiger partial charge in [0.25, 0.3) is 5.91 Å². The van der Waals surface area contributed by atoms with Crippen LogP contribution in [-0.2, 0) is 4.74 Å². The molecule has 1 aromatic heterocycles. The Morgan fingerprint density at radius 2 is 1.23 bits per heavy atom. The van der Waals surface area contributed by atoms with Gasteiger partial charge < -0.3 is 14.5 Å². The van der Waals surface area contributed by atoms with Gasteiger partial charge in [0.2, 0.25) is 11.8 Å². The summed E-state index contributed by atoms with van der Waals surface area (Å²) in [6.45, 7) is 7.40. The summed E-state index contributed by atoms with van der Waals surface area (Å²) >= 11 is 0. The molecule has 0 bridgehead atoms. The van der Waals surface area contributed by atoms with Crippen molar-refractivity contribution in [3.63, 3.8) is 0 Å². The number of hydrogen-bond acceptors (Lipinski definition) is 6. The maximum absolute atomic E-state index is 12.6. The van der Waals surface area contributed by atoms with Gasteiger partial charge in [-0.1, -0.05) is 17.7 Å². The van der Waals surface area contributed by atoms with Crippen LogP contribution in [0.3, 0.4) is 0 Å². The van der Waals surface area contributed by atoms with E-state index in [4.69, 9.17) is 9.15 Å². The number of nitrogens with zero attached hydrogens (tertiary/aromatic N) is 2. The molecule has 1 heterocycles. The molecule has 0 atom stereocenters. The Hall–Kier alpha value is -4.46. The highest BCUT2D eigenvalue weighted by atomic mass is 16.6. The number of amides is 2. The first-order valence-electron chi connectivity index (χ1n) is 11.1. The van der Waals surface area contributed by atoms with Crippen LogP contribution >= 0.6 is 0 Å². The largest absolute Gasteiger partial charge is 0.444 e. The average Bonchev–Trinajstić information content (AvgIpc) is 3.30. The molecule has 4 aromatic rings. The smallest absolute Gasteiger partial charge is 0.412 e. The van der Waals surface area contributed by atoms with Gasteiger partial charge in [0.05, 0.1) is 0 Å². The zero-order chi connectivity index (χ0) is 25.0. The molecular formula is C27H26N4O4. The Labute approximate surface area is 203 Å². The van der Waals surface area contributed by atoms with Crippen molar-refractivity contribution in [2.24, 2.45) is 0 Å². The van der Waals surface area contributed by atoms with Crippen molar-refractivity contribution in [1.82, 2.24) is 10.2 Å². The topological polar surface area (TPSA) is 106 Å². The van der Waals surface area contributed by atoms with E-state index < -0.39 is 11.7 Å². The predicted octanol–water partition coefficient (Wildman–Crippen LogP) is 6.31. The van der Waals surface area contributed by atoms with Gasteiger partial charge in [0.1, 0.15) is 5.60 Å². The van der Waals surface area contributed by atoms with Crippen LogP contribution in [0.5, 0.6) is 0 Å². The molecule has 0 fully saturated rings. The van der Waals surface area contributed by atoms with E-state index in [-0.39, 0.29) is 5.91 Å². The summed E-state index contributed by atoms with van der Waals surface area (Å²) in [6.07, 6.45) is -0.540. The molecule has 3 aromatic carbocycles. The van der Waals surface area contributed by atoms with E-state index >= 15 is 0 Å². The second-order valence-corrected chi connectivity index (χ2v) is 9.01. The van der Waals surface area contributed by atoms with Gasteiger partial charge in [-0.3, -0.25) is 10.1 Å². The summed E-state index contributed by atoms with van der Waals surface area (Å²) in [5.74, 6) is 0.544. The zero-order valence-electron chi connectivity index (χ0n) is 20.0. The fourth-order valence-corrected chi connectivity index (χ4v) is 3.18. The number of hydrogen-bond donors (Lipinski definition) is 2. The molecular weight excluding hydrogens is 444 g/mol. The van der Waals surface area contributed by atoms with Crippen molar-refractivity contribution in [1.29, 1.82) is 0 Å². The molecule has 0 saturated heterocycles. The lowest BCUT2D eigenvalue weighted by molar-refractivity contribution is 0.0635. The van der Waals surface area contributed by atoms with Crippen LogP contribution in [0.25, 0.3) is 22.9 Å². The van der Waals surface area contributed by atoms with E-state index in [9.17, 15) is 9.59 Å². The lowest BCUT2D eigenvalue weighted by Crippen LogP contribution is -2.27. The molecule has 178 valence electrons. The van der Waals surface area contributed by atoms with E-state index in [1.807, 2.05) is 31.2 Å². The van der Waals surface area contributed by atoms with Crippen LogP contribution in [-0.4, -0.2) is 27.8 Å². The Balaban J connectivity index is 1.37.